The molecule has 0 atom stereocenters. The average Bonchev–Trinajstić information content (AvgIpc) is 2.94. The molecule has 20 heavy (non-hydrogen) atoms. The summed E-state index contributed by atoms with van der Waals surface area (Å²) in [5.74, 6) is -0.577. The van der Waals surface area contributed by atoms with Crippen LogP contribution in [0, 0.1) is 0 Å². The van der Waals surface area contributed by atoms with Crippen molar-refractivity contribution in [2.75, 3.05) is 16.8 Å². The number of nitrogens with zero attached hydrogens (tertiary/aromatic N) is 2. The number of rotatable bonds is 5. The lowest BCUT2D eigenvalue weighted by Crippen LogP contribution is -2.33. The maximum absolute atomic E-state index is 12.1. The number of para-hydroxylation sites is 1. The van der Waals surface area contributed by atoms with E-state index in [4.69, 9.17) is 0 Å². The second-order valence-electron chi connectivity index (χ2n) is 4.04. The number of hydrogen-bond donors (Lipinski definition) is 1. The highest BCUT2D eigenvalue weighted by molar-refractivity contribution is 7.13. The number of thiazole rings is 1. The van der Waals surface area contributed by atoms with E-state index in [0.717, 1.165) is 0 Å². The molecule has 0 spiro atoms. The Kier molecular flexibility index (Phi) is 4.84. The first-order valence-corrected chi connectivity index (χ1v) is 7.13. The highest BCUT2D eigenvalue weighted by atomic mass is 32.1. The van der Waals surface area contributed by atoms with Gasteiger partial charge >= 0.3 is 0 Å². The molecule has 0 unspecified atom stereocenters. The average molecular weight is 289 g/mol. The van der Waals surface area contributed by atoms with Gasteiger partial charge in [-0.1, -0.05) is 18.2 Å². The van der Waals surface area contributed by atoms with Crippen LogP contribution in [0.25, 0.3) is 0 Å². The normalized spacial score (nSPS) is 10.1. The molecular weight excluding hydrogens is 274 g/mol. The molecule has 2 amide bonds. The molecule has 6 heteroatoms. The minimum atomic E-state index is -0.323. The Bertz CT molecular complexity index is 569. The molecule has 0 radical (unpaired) electrons. The van der Waals surface area contributed by atoms with Crippen LogP contribution < -0.4 is 10.2 Å². The number of nitrogens with one attached hydrogen (secondary N) is 1. The Morgan fingerprint density at radius 3 is 2.65 bits per heavy atom. The van der Waals surface area contributed by atoms with Crippen molar-refractivity contribution < 1.29 is 9.59 Å². The molecule has 1 heterocycles. The van der Waals surface area contributed by atoms with Gasteiger partial charge in [-0.05, 0) is 19.1 Å². The Balaban J connectivity index is 1.95. The molecule has 0 fully saturated rings. The van der Waals surface area contributed by atoms with E-state index in [1.807, 2.05) is 25.1 Å². The Morgan fingerprint density at radius 1 is 1.30 bits per heavy atom. The maximum Gasteiger partial charge on any atom is 0.238 e. The van der Waals surface area contributed by atoms with Gasteiger partial charge < -0.3 is 5.32 Å². The highest BCUT2D eigenvalue weighted by Crippen LogP contribution is 2.18. The quantitative estimate of drug-likeness (QED) is 0.860. The minimum Gasteiger partial charge on any atom is -0.326 e. The van der Waals surface area contributed by atoms with E-state index >= 15 is 0 Å². The van der Waals surface area contributed by atoms with Gasteiger partial charge in [0.2, 0.25) is 11.8 Å². The van der Waals surface area contributed by atoms with E-state index in [1.165, 1.54) is 16.2 Å². The van der Waals surface area contributed by atoms with E-state index in [1.54, 1.807) is 23.7 Å². The number of amides is 2. The summed E-state index contributed by atoms with van der Waals surface area (Å²) in [5.41, 5.74) is 0.683. The highest BCUT2D eigenvalue weighted by Gasteiger charge is 2.19. The largest absolute Gasteiger partial charge is 0.326 e. The molecule has 0 saturated heterocycles. The molecule has 104 valence electrons. The topological polar surface area (TPSA) is 62.3 Å². The summed E-state index contributed by atoms with van der Waals surface area (Å²) in [6.45, 7) is 2.35. The maximum atomic E-state index is 12.1. The van der Waals surface area contributed by atoms with Crippen LogP contribution in [0.5, 0.6) is 0 Å². The number of hydrogen-bond acceptors (Lipinski definition) is 4. The summed E-state index contributed by atoms with van der Waals surface area (Å²) in [4.78, 5) is 29.5. The molecule has 0 bridgehead atoms. The van der Waals surface area contributed by atoms with Gasteiger partial charge in [0.05, 0.1) is 0 Å². The van der Waals surface area contributed by atoms with E-state index in [0.29, 0.717) is 17.4 Å². The van der Waals surface area contributed by atoms with Crippen LogP contribution in [0.3, 0.4) is 0 Å². The van der Waals surface area contributed by atoms with E-state index in [-0.39, 0.29) is 18.2 Å². The molecule has 0 aliphatic carbocycles. The van der Waals surface area contributed by atoms with Crippen LogP contribution in [-0.4, -0.2) is 23.3 Å². The zero-order chi connectivity index (χ0) is 14.4. The van der Waals surface area contributed by atoms with Gasteiger partial charge in [0.25, 0.3) is 0 Å². The smallest absolute Gasteiger partial charge is 0.238 e. The summed E-state index contributed by atoms with van der Waals surface area (Å²) in [6, 6.07) is 9.07. The van der Waals surface area contributed by atoms with Crippen LogP contribution in [0.15, 0.2) is 41.9 Å². The zero-order valence-corrected chi connectivity index (χ0v) is 11.9. The van der Waals surface area contributed by atoms with Crippen LogP contribution >= 0.6 is 11.3 Å². The standard InChI is InChI=1S/C14H15N3O2S/c1-2-17(14-15-8-9-20-14)13(19)10-12(18)16-11-6-4-3-5-7-11/h3-9H,2,10H2,1H3,(H,16,18). The van der Waals surface area contributed by atoms with Crippen LogP contribution in [0.2, 0.25) is 0 Å². The van der Waals surface area contributed by atoms with Gasteiger partial charge in [-0.15, -0.1) is 11.3 Å². The summed E-state index contributed by atoms with van der Waals surface area (Å²) in [6.07, 6.45) is 1.45. The summed E-state index contributed by atoms with van der Waals surface area (Å²) >= 11 is 1.38. The van der Waals surface area contributed by atoms with Crippen molar-refractivity contribution in [1.29, 1.82) is 0 Å². The van der Waals surface area contributed by atoms with Gasteiger partial charge in [-0.3, -0.25) is 14.5 Å². The third kappa shape index (κ3) is 3.64. The first kappa shape index (κ1) is 14.2. The first-order chi connectivity index (χ1) is 9.70. The molecule has 1 N–H and O–H groups in total. The van der Waals surface area contributed by atoms with Crippen molar-refractivity contribution >= 4 is 34.0 Å². The summed E-state index contributed by atoms with van der Waals surface area (Å²) in [5, 5.41) is 5.11. The van der Waals surface area contributed by atoms with Gasteiger partial charge in [-0.2, -0.15) is 0 Å². The SMILES string of the molecule is CCN(C(=O)CC(=O)Nc1ccccc1)c1nccs1. The minimum absolute atomic E-state index is 0.192. The second kappa shape index (κ2) is 6.81. The van der Waals surface area contributed by atoms with E-state index in [9.17, 15) is 9.59 Å². The molecule has 0 saturated carbocycles. The molecule has 1 aromatic heterocycles. The molecule has 1 aromatic carbocycles. The Morgan fingerprint density at radius 2 is 2.05 bits per heavy atom. The lowest BCUT2D eigenvalue weighted by Gasteiger charge is -2.17. The predicted molar refractivity (Wildman–Crippen MR) is 79.8 cm³/mol. The predicted octanol–water partition coefficient (Wildman–Crippen LogP) is 2.52. The number of anilines is 2. The number of benzene rings is 1. The van der Waals surface area contributed by atoms with Gasteiger partial charge in [0.1, 0.15) is 6.42 Å². The van der Waals surface area contributed by atoms with Crippen molar-refractivity contribution in [3.8, 4) is 0 Å². The lowest BCUT2D eigenvalue weighted by molar-refractivity contribution is -0.125. The monoisotopic (exact) mass is 289 g/mol. The van der Waals surface area contributed by atoms with Crippen molar-refractivity contribution in [2.24, 2.45) is 0 Å². The number of carbonyl (C=O) groups excluding carboxylic acids is 2. The first-order valence-electron chi connectivity index (χ1n) is 6.25. The van der Waals surface area contributed by atoms with Gasteiger partial charge in [-0.25, -0.2) is 4.98 Å². The zero-order valence-electron chi connectivity index (χ0n) is 11.1. The Labute approximate surface area is 121 Å². The fourth-order valence-electron chi connectivity index (χ4n) is 1.73. The van der Waals surface area contributed by atoms with Crippen LogP contribution in [-0.2, 0) is 9.59 Å². The summed E-state index contributed by atoms with van der Waals surface area (Å²) < 4.78 is 0. The van der Waals surface area contributed by atoms with E-state index < -0.39 is 0 Å². The second-order valence-corrected chi connectivity index (χ2v) is 4.92. The van der Waals surface area contributed by atoms with Gasteiger partial charge in [0.15, 0.2) is 5.13 Å². The molecule has 5 nitrogen and oxygen atoms in total. The van der Waals surface area contributed by atoms with Crippen LogP contribution in [0.1, 0.15) is 13.3 Å². The third-order valence-corrected chi connectivity index (χ3v) is 3.43. The number of aromatic nitrogens is 1. The molecular formula is C14H15N3O2S. The molecule has 0 aliphatic rings. The van der Waals surface area contributed by atoms with Crippen molar-refractivity contribution in [3.63, 3.8) is 0 Å². The Hall–Kier alpha value is -2.21. The van der Waals surface area contributed by atoms with Crippen molar-refractivity contribution in [2.45, 2.75) is 13.3 Å². The molecule has 2 aromatic rings. The molecule has 0 aliphatic heterocycles. The lowest BCUT2D eigenvalue weighted by atomic mass is 10.3. The fraction of sp³-hybridized carbons (Fsp3) is 0.214. The van der Waals surface area contributed by atoms with E-state index in [2.05, 4.69) is 10.3 Å². The van der Waals surface area contributed by atoms with Crippen molar-refractivity contribution in [1.82, 2.24) is 4.98 Å². The number of carbonyl (C=O) groups is 2. The summed E-state index contributed by atoms with van der Waals surface area (Å²) in [7, 11) is 0. The fourth-order valence-corrected chi connectivity index (χ4v) is 2.45. The van der Waals surface area contributed by atoms with Crippen molar-refractivity contribution in [3.05, 3.63) is 41.9 Å². The van der Waals surface area contributed by atoms with Crippen LogP contribution in [0.4, 0.5) is 10.8 Å². The molecule has 2 rings (SSSR count). The van der Waals surface area contributed by atoms with Gasteiger partial charge in [0, 0.05) is 23.8 Å². The third-order valence-electron chi connectivity index (χ3n) is 2.64.